The second kappa shape index (κ2) is 5.31. The van der Waals surface area contributed by atoms with Gasteiger partial charge < -0.3 is 22.1 Å². The van der Waals surface area contributed by atoms with Gasteiger partial charge in [0.25, 0.3) is 0 Å². The van der Waals surface area contributed by atoms with Crippen molar-refractivity contribution in [1.29, 1.82) is 0 Å². The minimum atomic E-state index is 0.272. The van der Waals surface area contributed by atoms with Crippen molar-refractivity contribution in [2.24, 2.45) is 11.5 Å². The highest BCUT2D eigenvalue weighted by molar-refractivity contribution is 7.80. The lowest BCUT2D eigenvalue weighted by Crippen LogP contribution is -2.18. The summed E-state index contributed by atoms with van der Waals surface area (Å²) in [6, 6.07) is 12.3. The van der Waals surface area contributed by atoms with Crippen molar-refractivity contribution in [3.63, 3.8) is 0 Å². The molecule has 3 rings (SSSR count). The number of rotatable bonds is 2. The molecule has 6 N–H and O–H groups in total. The maximum absolute atomic E-state index is 5.51. The number of nitrogens with one attached hydrogen (secondary N) is 2. The van der Waals surface area contributed by atoms with E-state index in [1.807, 2.05) is 12.1 Å². The molecule has 1 aliphatic carbocycles. The smallest absolute Gasteiger partial charge is 0.168 e. The van der Waals surface area contributed by atoms with Gasteiger partial charge in [-0.3, -0.25) is 0 Å². The summed E-state index contributed by atoms with van der Waals surface area (Å²) in [5.41, 5.74) is 17.8. The van der Waals surface area contributed by atoms with Crippen LogP contribution in [-0.4, -0.2) is 10.2 Å². The fourth-order valence-corrected chi connectivity index (χ4v) is 2.89. The van der Waals surface area contributed by atoms with Gasteiger partial charge in [-0.25, -0.2) is 0 Å². The van der Waals surface area contributed by atoms with Gasteiger partial charge >= 0.3 is 0 Å². The molecule has 0 spiro atoms. The molecular weight excluding hydrogens is 300 g/mol. The van der Waals surface area contributed by atoms with Crippen LogP contribution in [0.5, 0.6) is 0 Å². The molecule has 0 saturated carbocycles. The van der Waals surface area contributed by atoms with Crippen LogP contribution in [0.25, 0.3) is 11.1 Å². The molecule has 0 atom stereocenters. The zero-order chi connectivity index (χ0) is 15.0. The molecule has 2 aromatic carbocycles. The normalized spacial score (nSPS) is 11.4. The fourth-order valence-electron chi connectivity index (χ4n) is 2.65. The largest absolute Gasteiger partial charge is 0.376 e. The molecule has 0 unspecified atom stereocenters. The lowest BCUT2D eigenvalue weighted by atomic mass is 10.1. The first kappa shape index (κ1) is 13.8. The molecule has 0 radical (unpaired) electrons. The minimum absolute atomic E-state index is 0.272. The highest BCUT2D eigenvalue weighted by atomic mass is 32.1. The van der Waals surface area contributed by atoms with E-state index < -0.39 is 0 Å². The van der Waals surface area contributed by atoms with Crippen molar-refractivity contribution >= 4 is 46.0 Å². The maximum Gasteiger partial charge on any atom is 0.168 e. The SMILES string of the molecule is NC(=S)Nc1ccc2c(c1)Cc1cc(NC(N)=S)ccc1-2. The highest BCUT2D eigenvalue weighted by Crippen LogP contribution is 2.39. The van der Waals surface area contributed by atoms with Gasteiger partial charge in [0.2, 0.25) is 0 Å². The first-order valence-electron chi connectivity index (χ1n) is 6.42. The van der Waals surface area contributed by atoms with E-state index in [2.05, 4.69) is 34.9 Å². The summed E-state index contributed by atoms with van der Waals surface area (Å²) in [6.45, 7) is 0. The quantitative estimate of drug-likeness (QED) is 0.545. The summed E-state index contributed by atoms with van der Waals surface area (Å²) in [5, 5.41) is 6.47. The molecule has 1 aliphatic rings. The highest BCUT2D eigenvalue weighted by Gasteiger charge is 2.19. The van der Waals surface area contributed by atoms with Gasteiger partial charge in [0.05, 0.1) is 0 Å². The van der Waals surface area contributed by atoms with E-state index in [9.17, 15) is 0 Å². The van der Waals surface area contributed by atoms with E-state index in [1.54, 1.807) is 0 Å². The Morgan fingerprint density at radius 3 is 1.62 bits per heavy atom. The number of fused-ring (bicyclic) bond motifs is 3. The van der Waals surface area contributed by atoms with Gasteiger partial charge in [0, 0.05) is 11.4 Å². The maximum atomic E-state index is 5.51. The van der Waals surface area contributed by atoms with E-state index in [0.717, 1.165) is 17.8 Å². The Morgan fingerprint density at radius 2 is 1.24 bits per heavy atom. The van der Waals surface area contributed by atoms with E-state index >= 15 is 0 Å². The van der Waals surface area contributed by atoms with Crippen LogP contribution in [0.4, 0.5) is 11.4 Å². The molecule has 0 saturated heterocycles. The van der Waals surface area contributed by atoms with Gasteiger partial charge in [-0.1, -0.05) is 12.1 Å². The van der Waals surface area contributed by atoms with Crippen LogP contribution < -0.4 is 22.1 Å². The third-order valence-corrected chi connectivity index (χ3v) is 3.62. The van der Waals surface area contributed by atoms with Crippen LogP contribution >= 0.6 is 24.4 Å². The van der Waals surface area contributed by atoms with E-state index in [0.29, 0.717) is 0 Å². The lowest BCUT2D eigenvalue weighted by Gasteiger charge is -2.07. The summed E-state index contributed by atoms with van der Waals surface area (Å²) < 4.78 is 0. The molecule has 2 aromatic rings. The molecule has 6 heteroatoms. The second-order valence-corrected chi connectivity index (χ2v) is 5.78. The van der Waals surface area contributed by atoms with E-state index in [1.165, 1.54) is 22.3 Å². The fraction of sp³-hybridized carbons (Fsp3) is 0.0667. The Hall–Kier alpha value is -2.18. The molecule has 4 nitrogen and oxygen atoms in total. The second-order valence-electron chi connectivity index (χ2n) is 4.90. The van der Waals surface area contributed by atoms with Crippen molar-refractivity contribution in [3.8, 4) is 11.1 Å². The molecule has 0 amide bonds. The van der Waals surface area contributed by atoms with Crippen LogP contribution in [0.2, 0.25) is 0 Å². The average molecular weight is 314 g/mol. The first-order chi connectivity index (χ1) is 10.0. The number of anilines is 2. The Labute approximate surface area is 133 Å². The molecule has 106 valence electrons. The third-order valence-electron chi connectivity index (χ3n) is 3.42. The zero-order valence-electron chi connectivity index (χ0n) is 11.1. The molecule has 0 fully saturated rings. The molecule has 0 aliphatic heterocycles. The van der Waals surface area contributed by atoms with E-state index in [4.69, 9.17) is 35.9 Å². The number of nitrogens with two attached hydrogens (primary N) is 2. The molecule has 21 heavy (non-hydrogen) atoms. The van der Waals surface area contributed by atoms with Crippen molar-refractivity contribution in [1.82, 2.24) is 0 Å². The van der Waals surface area contributed by atoms with Crippen molar-refractivity contribution < 1.29 is 0 Å². The van der Waals surface area contributed by atoms with Crippen LogP contribution in [-0.2, 0) is 6.42 Å². The topological polar surface area (TPSA) is 76.1 Å². The minimum Gasteiger partial charge on any atom is -0.376 e. The number of benzene rings is 2. The van der Waals surface area contributed by atoms with Gasteiger partial charge in [0.1, 0.15) is 0 Å². The monoisotopic (exact) mass is 314 g/mol. The Morgan fingerprint density at radius 1 is 0.810 bits per heavy atom. The van der Waals surface area contributed by atoms with Crippen molar-refractivity contribution in [2.75, 3.05) is 10.6 Å². The number of hydrogen-bond acceptors (Lipinski definition) is 2. The molecule has 0 heterocycles. The van der Waals surface area contributed by atoms with Gasteiger partial charge in [0.15, 0.2) is 10.2 Å². The standard InChI is InChI=1S/C15H14N4S2/c16-14(20)18-10-1-3-12-8(6-10)5-9-7-11(19-15(17)21)2-4-13(9)12/h1-4,6-7H,5H2,(H3,16,18,20)(H3,17,19,21). The Balaban J connectivity index is 1.93. The predicted octanol–water partition coefficient (Wildman–Crippen LogP) is 2.57. The molecular formula is C15H14N4S2. The Bertz CT molecular complexity index is 692. The van der Waals surface area contributed by atoms with Crippen LogP contribution in [0.1, 0.15) is 11.1 Å². The summed E-state index contributed by atoms with van der Waals surface area (Å²) in [4.78, 5) is 0. The molecule has 0 aromatic heterocycles. The summed E-state index contributed by atoms with van der Waals surface area (Å²) in [7, 11) is 0. The average Bonchev–Trinajstić information content (AvgIpc) is 2.73. The van der Waals surface area contributed by atoms with E-state index in [-0.39, 0.29) is 10.2 Å². The van der Waals surface area contributed by atoms with Crippen LogP contribution in [0.3, 0.4) is 0 Å². The van der Waals surface area contributed by atoms with Crippen LogP contribution in [0, 0.1) is 0 Å². The molecule has 0 bridgehead atoms. The van der Waals surface area contributed by atoms with Crippen LogP contribution in [0.15, 0.2) is 36.4 Å². The van der Waals surface area contributed by atoms with Gasteiger partial charge in [-0.15, -0.1) is 0 Å². The first-order valence-corrected chi connectivity index (χ1v) is 7.24. The zero-order valence-corrected chi connectivity index (χ0v) is 12.8. The van der Waals surface area contributed by atoms with Crippen molar-refractivity contribution in [2.45, 2.75) is 6.42 Å². The van der Waals surface area contributed by atoms with Gasteiger partial charge in [-0.2, -0.15) is 0 Å². The number of hydrogen-bond donors (Lipinski definition) is 4. The lowest BCUT2D eigenvalue weighted by molar-refractivity contribution is 1.26. The summed E-state index contributed by atoms with van der Waals surface area (Å²) in [5.74, 6) is 0. The van der Waals surface area contributed by atoms with Crippen molar-refractivity contribution in [3.05, 3.63) is 47.5 Å². The summed E-state index contributed by atoms with van der Waals surface area (Å²) in [6.07, 6.45) is 0.865. The number of thiocarbonyl (C=S) groups is 2. The van der Waals surface area contributed by atoms with Gasteiger partial charge in [-0.05, 0) is 77.4 Å². The summed E-state index contributed by atoms with van der Waals surface area (Å²) >= 11 is 9.73. The predicted molar refractivity (Wildman–Crippen MR) is 95.5 cm³/mol. The third kappa shape index (κ3) is 2.81. The Kier molecular flexibility index (Phi) is 3.48.